The van der Waals surface area contributed by atoms with Crippen molar-refractivity contribution in [1.82, 2.24) is 0 Å². The summed E-state index contributed by atoms with van der Waals surface area (Å²) in [4.78, 5) is 27.0. The molecule has 2 heterocycles. The molecule has 2 aromatic carbocycles. The number of Topliss-reactive ketones (excluding diaryl/α,β-unsaturated/α-hetero) is 1. The number of hydrogen-bond donors (Lipinski definition) is 1. The second-order valence-corrected chi connectivity index (χ2v) is 8.23. The molecule has 3 aliphatic rings. The fourth-order valence-electron chi connectivity index (χ4n) is 4.08. The van der Waals surface area contributed by atoms with Crippen molar-refractivity contribution in [2.45, 2.75) is 30.1 Å². The summed E-state index contributed by atoms with van der Waals surface area (Å²) in [5, 5.41) is 4.07. The van der Waals surface area contributed by atoms with Crippen LogP contribution in [0.15, 0.2) is 75.4 Å². The van der Waals surface area contributed by atoms with E-state index >= 15 is 0 Å². The molecule has 5 rings (SSSR count). The molecule has 1 unspecified atom stereocenters. The van der Waals surface area contributed by atoms with Crippen LogP contribution in [0.2, 0.25) is 0 Å². The Morgan fingerprint density at radius 2 is 1.83 bits per heavy atom. The Morgan fingerprint density at radius 3 is 2.59 bits per heavy atom. The van der Waals surface area contributed by atoms with Gasteiger partial charge in [-0.15, -0.1) is 0 Å². The number of ketones is 1. The molecule has 0 radical (unpaired) electrons. The van der Waals surface area contributed by atoms with E-state index in [0.717, 1.165) is 26.9 Å². The highest BCUT2D eigenvalue weighted by atomic mass is 32.2. The summed E-state index contributed by atoms with van der Waals surface area (Å²) >= 11 is 1.50. The molecule has 0 fully saturated rings. The van der Waals surface area contributed by atoms with E-state index in [1.165, 1.54) is 11.8 Å². The van der Waals surface area contributed by atoms with Gasteiger partial charge in [-0.1, -0.05) is 36.0 Å². The summed E-state index contributed by atoms with van der Waals surface area (Å²) in [5.74, 6) is 0.470. The number of allylic oxidation sites excluding steroid dienone is 2. The Morgan fingerprint density at radius 1 is 1.03 bits per heavy atom. The van der Waals surface area contributed by atoms with Gasteiger partial charge in [0.15, 0.2) is 5.78 Å². The molecule has 2 aliphatic heterocycles. The third-order valence-electron chi connectivity index (χ3n) is 5.46. The molecule has 0 saturated heterocycles. The number of carbonyl (C=O) groups is 2. The topological polar surface area (TPSA) is 64.6 Å². The van der Waals surface area contributed by atoms with Gasteiger partial charge < -0.3 is 14.8 Å². The Hall–Kier alpha value is -2.99. The fourth-order valence-corrected chi connectivity index (χ4v) is 5.15. The molecular formula is C23H19NO4S. The smallest absolute Gasteiger partial charge is 0.342 e. The summed E-state index contributed by atoms with van der Waals surface area (Å²) in [6, 6.07) is 15.4. The number of anilines is 1. The van der Waals surface area contributed by atoms with Crippen LogP contribution in [-0.2, 0) is 14.3 Å². The van der Waals surface area contributed by atoms with E-state index in [1.54, 1.807) is 7.11 Å². The number of carbonyl (C=O) groups excluding carboxylic acids is 2. The van der Waals surface area contributed by atoms with Crippen molar-refractivity contribution in [1.29, 1.82) is 0 Å². The highest BCUT2D eigenvalue weighted by molar-refractivity contribution is 8.03. The molecule has 29 heavy (non-hydrogen) atoms. The summed E-state index contributed by atoms with van der Waals surface area (Å²) in [6.45, 7) is 0. The molecular weight excluding hydrogens is 386 g/mol. The van der Waals surface area contributed by atoms with Gasteiger partial charge in [-0.25, -0.2) is 4.79 Å². The average Bonchev–Trinajstić information content (AvgIpc) is 3.16. The van der Waals surface area contributed by atoms with Crippen molar-refractivity contribution in [3.8, 4) is 5.75 Å². The predicted molar refractivity (Wildman–Crippen MR) is 111 cm³/mol. The minimum Gasteiger partial charge on any atom is -0.497 e. The minimum absolute atomic E-state index is 0.0539. The summed E-state index contributed by atoms with van der Waals surface area (Å²) < 4.78 is 10.9. The van der Waals surface area contributed by atoms with Crippen LogP contribution in [0.4, 0.5) is 5.69 Å². The molecule has 1 atom stereocenters. The number of fused-ring (bicyclic) bond motifs is 1. The van der Waals surface area contributed by atoms with Gasteiger partial charge in [0.25, 0.3) is 0 Å². The van der Waals surface area contributed by atoms with Crippen LogP contribution < -0.4 is 10.1 Å². The Bertz CT molecular complexity index is 1060. The Balaban J connectivity index is 1.68. The van der Waals surface area contributed by atoms with E-state index in [0.29, 0.717) is 36.2 Å². The third kappa shape index (κ3) is 3.04. The lowest BCUT2D eigenvalue weighted by atomic mass is 9.77. The van der Waals surface area contributed by atoms with Crippen LogP contribution in [0.25, 0.3) is 0 Å². The minimum atomic E-state index is -0.450. The summed E-state index contributed by atoms with van der Waals surface area (Å²) in [6.07, 6.45) is 1.81. The van der Waals surface area contributed by atoms with Crippen molar-refractivity contribution in [3.05, 3.63) is 76.0 Å². The van der Waals surface area contributed by atoms with E-state index in [2.05, 4.69) is 5.32 Å². The van der Waals surface area contributed by atoms with Gasteiger partial charge in [-0.2, -0.15) is 0 Å². The summed E-state index contributed by atoms with van der Waals surface area (Å²) in [5.41, 5.74) is 2.94. The van der Waals surface area contributed by atoms with Crippen LogP contribution in [0, 0.1) is 0 Å². The standard InChI is InChI=1S/C23H19NO4S/c1-27-14-11-9-13(10-12-14)19-20-16(25)6-4-7-17(20)28-23(26)21(19)22-24-15-5-2-3-8-18(15)29-22/h2-3,5,8-12,19,24H,4,6-7H2,1H3/b22-21+. The SMILES string of the molecule is COc1ccc(C2C3=C(CCCC3=O)OC(=O)/C2=C2\Nc3ccccc3S2)cc1. The zero-order chi connectivity index (χ0) is 20.0. The number of benzene rings is 2. The largest absolute Gasteiger partial charge is 0.497 e. The molecule has 2 aromatic rings. The number of hydrogen-bond acceptors (Lipinski definition) is 6. The highest BCUT2D eigenvalue weighted by Crippen LogP contribution is 2.50. The van der Waals surface area contributed by atoms with E-state index in [1.807, 2.05) is 48.5 Å². The average molecular weight is 405 g/mol. The third-order valence-corrected chi connectivity index (χ3v) is 6.56. The van der Waals surface area contributed by atoms with Gasteiger partial charge in [0, 0.05) is 23.3 Å². The quantitative estimate of drug-likeness (QED) is 0.573. The van der Waals surface area contributed by atoms with Crippen LogP contribution in [0.3, 0.4) is 0 Å². The first-order valence-electron chi connectivity index (χ1n) is 9.56. The second-order valence-electron chi connectivity index (χ2n) is 7.18. The number of thioether (sulfide) groups is 1. The van der Waals surface area contributed by atoms with E-state index < -0.39 is 5.92 Å². The van der Waals surface area contributed by atoms with Crippen molar-refractivity contribution in [2.75, 3.05) is 12.4 Å². The first-order valence-corrected chi connectivity index (χ1v) is 10.4. The molecule has 0 amide bonds. The lowest BCUT2D eigenvalue weighted by Crippen LogP contribution is -2.31. The summed E-state index contributed by atoms with van der Waals surface area (Å²) in [7, 11) is 1.61. The molecule has 6 heteroatoms. The Labute approximate surface area is 172 Å². The molecule has 0 aromatic heterocycles. The molecule has 1 aliphatic carbocycles. The van der Waals surface area contributed by atoms with Crippen LogP contribution in [-0.4, -0.2) is 18.9 Å². The van der Waals surface area contributed by atoms with Crippen LogP contribution in [0.1, 0.15) is 30.7 Å². The predicted octanol–water partition coefficient (Wildman–Crippen LogP) is 4.77. The van der Waals surface area contributed by atoms with Gasteiger partial charge in [-0.05, 0) is 36.2 Å². The van der Waals surface area contributed by atoms with Gasteiger partial charge in [0.2, 0.25) is 0 Å². The van der Waals surface area contributed by atoms with Crippen LogP contribution in [0.5, 0.6) is 5.75 Å². The first-order chi connectivity index (χ1) is 14.2. The van der Waals surface area contributed by atoms with Crippen molar-refractivity contribution < 1.29 is 19.1 Å². The van der Waals surface area contributed by atoms with Crippen molar-refractivity contribution >= 4 is 29.2 Å². The monoisotopic (exact) mass is 405 g/mol. The maximum absolute atomic E-state index is 13.1. The van der Waals surface area contributed by atoms with Gasteiger partial charge in [0.1, 0.15) is 11.5 Å². The number of para-hydroxylation sites is 1. The van der Waals surface area contributed by atoms with Crippen molar-refractivity contribution in [3.63, 3.8) is 0 Å². The molecule has 0 bridgehead atoms. The zero-order valence-electron chi connectivity index (χ0n) is 15.9. The molecule has 146 valence electrons. The van der Waals surface area contributed by atoms with Crippen LogP contribution >= 0.6 is 11.8 Å². The highest BCUT2D eigenvalue weighted by Gasteiger charge is 2.43. The van der Waals surface area contributed by atoms with E-state index in [4.69, 9.17) is 9.47 Å². The molecule has 0 spiro atoms. The fraction of sp³-hybridized carbons (Fsp3) is 0.217. The van der Waals surface area contributed by atoms with Gasteiger partial charge >= 0.3 is 5.97 Å². The van der Waals surface area contributed by atoms with Crippen molar-refractivity contribution in [2.24, 2.45) is 0 Å². The maximum atomic E-state index is 13.1. The lowest BCUT2D eigenvalue weighted by Gasteiger charge is -2.32. The van der Waals surface area contributed by atoms with E-state index in [9.17, 15) is 9.59 Å². The van der Waals surface area contributed by atoms with Gasteiger partial charge in [0.05, 0.1) is 29.3 Å². The van der Waals surface area contributed by atoms with E-state index in [-0.39, 0.29) is 11.8 Å². The number of rotatable bonds is 2. The number of methoxy groups -OCH3 is 1. The molecule has 5 nitrogen and oxygen atoms in total. The Kier molecular flexibility index (Phi) is 4.43. The number of esters is 1. The second kappa shape index (κ2) is 7.12. The number of nitrogens with one attached hydrogen (secondary N) is 1. The first kappa shape index (κ1) is 18.1. The maximum Gasteiger partial charge on any atom is 0.342 e. The number of ether oxygens (including phenoxy) is 2. The molecule has 0 saturated carbocycles. The lowest BCUT2D eigenvalue weighted by molar-refractivity contribution is -0.137. The van der Waals surface area contributed by atoms with Gasteiger partial charge in [-0.3, -0.25) is 4.79 Å². The normalized spacial score (nSPS) is 23.3. The zero-order valence-corrected chi connectivity index (χ0v) is 16.7. The molecule has 1 N–H and O–H groups in total.